The second kappa shape index (κ2) is 10.5. The minimum absolute atomic E-state index is 0.00522. The molecule has 1 atom stereocenters. The molecule has 0 saturated carbocycles. The number of aromatic nitrogens is 1. The average Bonchev–Trinajstić information content (AvgIpc) is 3.13. The molecule has 0 radical (unpaired) electrons. The molecule has 11 heteroatoms. The number of hydrogen-bond acceptors (Lipinski definition) is 7. The Morgan fingerprint density at radius 2 is 2.26 bits per heavy atom. The topological polar surface area (TPSA) is 128 Å². The minimum atomic E-state index is -0.589. The Morgan fingerprint density at radius 1 is 1.42 bits per heavy atom. The maximum atomic E-state index is 14.8. The SMILES string of the molecule is CC(=O)NC[C@H]1CN(c2ccc(-c3ccc(N=CNNCCO)nc3)c(F)c2)C(=O)O1. The predicted molar refractivity (Wildman–Crippen MR) is 112 cm³/mol. The van der Waals surface area contributed by atoms with E-state index in [2.05, 4.69) is 26.1 Å². The lowest BCUT2D eigenvalue weighted by Gasteiger charge is -2.14. The number of aliphatic imine (C=N–C) groups is 1. The van der Waals surface area contributed by atoms with Crippen LogP contribution in [-0.4, -0.2) is 60.8 Å². The van der Waals surface area contributed by atoms with Crippen LogP contribution in [0.3, 0.4) is 0 Å². The molecule has 31 heavy (non-hydrogen) atoms. The summed E-state index contributed by atoms with van der Waals surface area (Å²) in [5.74, 6) is -0.308. The van der Waals surface area contributed by atoms with E-state index in [0.717, 1.165) is 0 Å². The molecular weight excluding hydrogens is 407 g/mol. The maximum Gasteiger partial charge on any atom is 0.414 e. The van der Waals surface area contributed by atoms with Gasteiger partial charge in [0.1, 0.15) is 18.3 Å². The summed E-state index contributed by atoms with van der Waals surface area (Å²) in [6.07, 6.45) is 1.80. The van der Waals surface area contributed by atoms with Crippen molar-refractivity contribution in [3.8, 4) is 11.1 Å². The van der Waals surface area contributed by atoms with Gasteiger partial charge >= 0.3 is 6.09 Å². The molecule has 1 aliphatic rings. The second-order valence-corrected chi connectivity index (χ2v) is 6.68. The van der Waals surface area contributed by atoms with Crippen LogP contribution in [0.5, 0.6) is 0 Å². The number of aliphatic hydroxyl groups is 1. The molecule has 1 aromatic heterocycles. The van der Waals surface area contributed by atoms with Gasteiger partial charge in [-0.2, -0.15) is 0 Å². The number of pyridine rings is 1. The minimum Gasteiger partial charge on any atom is -0.442 e. The Labute approximate surface area is 178 Å². The number of hydrazine groups is 1. The number of aliphatic hydroxyl groups excluding tert-OH is 1. The third kappa shape index (κ3) is 5.96. The van der Waals surface area contributed by atoms with E-state index in [1.165, 1.54) is 30.4 Å². The lowest BCUT2D eigenvalue weighted by molar-refractivity contribution is -0.119. The van der Waals surface area contributed by atoms with Gasteiger partial charge in [-0.3, -0.25) is 9.69 Å². The lowest BCUT2D eigenvalue weighted by Crippen LogP contribution is -2.33. The molecule has 1 aromatic carbocycles. The molecule has 164 valence electrons. The quantitative estimate of drug-likeness (QED) is 0.203. The molecule has 3 rings (SSSR count). The van der Waals surface area contributed by atoms with Crippen LogP contribution in [0.2, 0.25) is 0 Å². The van der Waals surface area contributed by atoms with Gasteiger partial charge in [0.05, 0.1) is 25.4 Å². The number of amides is 2. The van der Waals surface area contributed by atoms with Gasteiger partial charge in [-0.05, 0) is 30.3 Å². The third-order valence-electron chi connectivity index (χ3n) is 4.38. The molecule has 10 nitrogen and oxygen atoms in total. The van der Waals surface area contributed by atoms with Gasteiger partial charge in [-0.15, -0.1) is 0 Å². The Kier molecular flexibility index (Phi) is 7.46. The number of hydrogen-bond donors (Lipinski definition) is 4. The Hall–Kier alpha value is -3.57. The lowest BCUT2D eigenvalue weighted by atomic mass is 10.1. The summed E-state index contributed by atoms with van der Waals surface area (Å²) in [5, 5.41) is 11.3. The molecule has 2 heterocycles. The number of nitrogens with zero attached hydrogens (tertiary/aromatic N) is 3. The summed E-state index contributed by atoms with van der Waals surface area (Å²) in [5.41, 5.74) is 6.65. The van der Waals surface area contributed by atoms with Gasteiger partial charge in [-0.1, -0.05) is 0 Å². The first kappa shape index (κ1) is 22.1. The zero-order valence-electron chi connectivity index (χ0n) is 16.8. The predicted octanol–water partition coefficient (Wildman–Crippen LogP) is 1.10. The summed E-state index contributed by atoms with van der Waals surface area (Å²) in [6, 6.07) is 7.78. The van der Waals surface area contributed by atoms with Crippen molar-refractivity contribution >= 4 is 29.8 Å². The number of anilines is 1. The van der Waals surface area contributed by atoms with Crippen molar-refractivity contribution in [1.82, 2.24) is 21.2 Å². The molecule has 4 N–H and O–H groups in total. The molecule has 0 spiro atoms. The molecule has 1 saturated heterocycles. The zero-order chi connectivity index (χ0) is 22.2. The molecule has 1 fully saturated rings. The number of ether oxygens (including phenoxy) is 1. The Balaban J connectivity index is 1.65. The van der Waals surface area contributed by atoms with Crippen LogP contribution in [-0.2, 0) is 9.53 Å². The van der Waals surface area contributed by atoms with E-state index in [-0.39, 0.29) is 25.6 Å². The summed E-state index contributed by atoms with van der Waals surface area (Å²) in [6.45, 7) is 2.16. The highest BCUT2D eigenvalue weighted by Crippen LogP contribution is 2.29. The van der Waals surface area contributed by atoms with E-state index in [1.807, 2.05) is 0 Å². The average molecular weight is 430 g/mol. The Morgan fingerprint density at radius 3 is 2.94 bits per heavy atom. The van der Waals surface area contributed by atoms with E-state index < -0.39 is 18.0 Å². The molecule has 0 aliphatic carbocycles. The number of cyclic esters (lactones) is 1. The molecular formula is C20H23FN6O4. The maximum absolute atomic E-state index is 14.8. The third-order valence-corrected chi connectivity index (χ3v) is 4.38. The van der Waals surface area contributed by atoms with Crippen LogP contribution in [0.25, 0.3) is 11.1 Å². The number of rotatable bonds is 9. The molecule has 0 unspecified atom stereocenters. The normalized spacial score (nSPS) is 15.9. The fraction of sp³-hybridized carbons (Fsp3) is 0.300. The van der Waals surface area contributed by atoms with Gasteiger partial charge < -0.3 is 20.6 Å². The largest absolute Gasteiger partial charge is 0.442 e. The van der Waals surface area contributed by atoms with Gasteiger partial charge in [0.15, 0.2) is 5.82 Å². The first-order chi connectivity index (χ1) is 15.0. The van der Waals surface area contributed by atoms with Crippen LogP contribution in [0, 0.1) is 5.82 Å². The van der Waals surface area contributed by atoms with Crippen LogP contribution in [0.1, 0.15) is 6.92 Å². The van der Waals surface area contributed by atoms with E-state index in [4.69, 9.17) is 9.84 Å². The smallest absolute Gasteiger partial charge is 0.414 e. The van der Waals surface area contributed by atoms with Crippen LogP contribution >= 0.6 is 0 Å². The fourth-order valence-electron chi connectivity index (χ4n) is 2.90. The molecule has 0 bridgehead atoms. The number of benzene rings is 1. The van der Waals surface area contributed by atoms with Crippen molar-refractivity contribution < 1.29 is 23.8 Å². The van der Waals surface area contributed by atoms with Crippen molar-refractivity contribution in [3.05, 3.63) is 42.3 Å². The number of carbonyl (C=O) groups is 2. The molecule has 2 amide bonds. The van der Waals surface area contributed by atoms with Crippen molar-refractivity contribution in [1.29, 1.82) is 0 Å². The Bertz CT molecular complexity index is 953. The zero-order valence-corrected chi connectivity index (χ0v) is 16.8. The first-order valence-corrected chi connectivity index (χ1v) is 9.58. The van der Waals surface area contributed by atoms with Gasteiger partial charge in [0.2, 0.25) is 5.91 Å². The summed E-state index contributed by atoms with van der Waals surface area (Å²) < 4.78 is 20.0. The van der Waals surface area contributed by atoms with Crippen molar-refractivity contribution in [2.45, 2.75) is 13.0 Å². The van der Waals surface area contributed by atoms with Crippen LogP contribution in [0.4, 0.5) is 20.7 Å². The molecule has 1 aliphatic heterocycles. The highest BCUT2D eigenvalue weighted by molar-refractivity contribution is 5.90. The van der Waals surface area contributed by atoms with Crippen molar-refractivity contribution in [2.24, 2.45) is 4.99 Å². The fourth-order valence-corrected chi connectivity index (χ4v) is 2.90. The monoisotopic (exact) mass is 430 g/mol. The highest BCUT2D eigenvalue weighted by Gasteiger charge is 2.32. The van der Waals surface area contributed by atoms with E-state index in [9.17, 15) is 14.0 Å². The van der Waals surface area contributed by atoms with Crippen molar-refractivity contribution in [3.63, 3.8) is 0 Å². The van der Waals surface area contributed by atoms with E-state index in [0.29, 0.717) is 29.2 Å². The standard InChI is InChI=1S/C20H23FN6O4/c1-13(29)22-10-16-11-27(20(30)31-16)15-3-4-17(18(21)8-15)14-2-5-19(23-9-14)24-12-26-25-6-7-28/h2-5,8-9,12,16,25,28H,6-7,10-11H2,1H3,(H,22,29)(H,23,24,26)/t16-/m0/s1. The van der Waals surface area contributed by atoms with Gasteiger partial charge in [0.25, 0.3) is 0 Å². The highest BCUT2D eigenvalue weighted by atomic mass is 19.1. The number of halogens is 1. The first-order valence-electron chi connectivity index (χ1n) is 9.58. The van der Waals surface area contributed by atoms with Gasteiger partial charge in [-0.25, -0.2) is 24.6 Å². The van der Waals surface area contributed by atoms with E-state index >= 15 is 0 Å². The van der Waals surface area contributed by atoms with Gasteiger partial charge in [0, 0.05) is 30.8 Å². The number of carbonyl (C=O) groups excluding carboxylic acids is 2. The summed E-state index contributed by atoms with van der Waals surface area (Å²) in [4.78, 5) is 32.7. The molecule has 2 aromatic rings. The second-order valence-electron chi connectivity index (χ2n) is 6.68. The van der Waals surface area contributed by atoms with Crippen molar-refractivity contribution in [2.75, 3.05) is 31.1 Å². The van der Waals surface area contributed by atoms with Crippen LogP contribution in [0.15, 0.2) is 41.5 Å². The van der Waals surface area contributed by atoms with Crippen LogP contribution < -0.4 is 21.1 Å². The number of nitrogens with one attached hydrogen (secondary N) is 3. The summed E-state index contributed by atoms with van der Waals surface area (Å²) >= 11 is 0. The van der Waals surface area contributed by atoms with E-state index in [1.54, 1.807) is 24.3 Å². The summed E-state index contributed by atoms with van der Waals surface area (Å²) in [7, 11) is 0.